The number of carbonyl (C=O) groups excluding carboxylic acids is 1. The van der Waals surface area contributed by atoms with Crippen LogP contribution in [0.1, 0.15) is 36.5 Å². The molecular formula is C17H20FN3O. The topological polar surface area (TPSA) is 54.0 Å². The largest absolute Gasteiger partial charge is 0.370 e. The minimum absolute atomic E-state index is 0.287. The van der Waals surface area contributed by atoms with Gasteiger partial charge in [-0.3, -0.25) is 4.79 Å². The van der Waals surface area contributed by atoms with Crippen LogP contribution in [0.25, 0.3) is 0 Å². The van der Waals surface area contributed by atoms with Crippen LogP contribution in [-0.2, 0) is 0 Å². The molecule has 0 spiro atoms. The number of amides is 1. The van der Waals surface area contributed by atoms with Gasteiger partial charge in [0.05, 0.1) is 11.9 Å². The van der Waals surface area contributed by atoms with E-state index in [0.29, 0.717) is 11.3 Å². The van der Waals surface area contributed by atoms with Crippen molar-refractivity contribution in [2.24, 2.45) is 0 Å². The number of carbonyl (C=O) groups is 1. The summed E-state index contributed by atoms with van der Waals surface area (Å²) in [5.41, 5.74) is 1.01. The van der Waals surface area contributed by atoms with Crippen LogP contribution in [0.5, 0.6) is 0 Å². The van der Waals surface area contributed by atoms with Gasteiger partial charge in [0.15, 0.2) is 0 Å². The Morgan fingerprint density at radius 2 is 1.91 bits per heavy atom. The zero-order valence-corrected chi connectivity index (χ0v) is 12.6. The average Bonchev–Trinajstić information content (AvgIpc) is 2.54. The molecule has 0 aliphatic carbocycles. The Labute approximate surface area is 129 Å². The summed E-state index contributed by atoms with van der Waals surface area (Å²) in [4.78, 5) is 16.2. The lowest BCUT2D eigenvalue weighted by Crippen LogP contribution is -2.12. The summed E-state index contributed by atoms with van der Waals surface area (Å²) < 4.78 is 12.8. The molecular weight excluding hydrogens is 281 g/mol. The van der Waals surface area contributed by atoms with E-state index in [1.54, 1.807) is 12.3 Å². The fourth-order valence-electron chi connectivity index (χ4n) is 1.97. The fourth-order valence-corrected chi connectivity index (χ4v) is 1.97. The smallest absolute Gasteiger partial charge is 0.255 e. The van der Waals surface area contributed by atoms with E-state index in [2.05, 4.69) is 22.5 Å². The number of halogens is 1. The summed E-state index contributed by atoms with van der Waals surface area (Å²) in [5, 5.41) is 5.96. The molecule has 1 amide bonds. The van der Waals surface area contributed by atoms with E-state index in [0.717, 1.165) is 18.8 Å². The van der Waals surface area contributed by atoms with Gasteiger partial charge in [0.25, 0.3) is 5.91 Å². The second-order valence-corrected chi connectivity index (χ2v) is 5.03. The number of nitrogens with one attached hydrogen (secondary N) is 2. The Kier molecular flexibility index (Phi) is 5.89. The minimum atomic E-state index is -0.364. The Morgan fingerprint density at radius 1 is 1.14 bits per heavy atom. The quantitative estimate of drug-likeness (QED) is 0.758. The summed E-state index contributed by atoms with van der Waals surface area (Å²) in [5.74, 6) is 0.137. The van der Waals surface area contributed by atoms with E-state index >= 15 is 0 Å². The highest BCUT2D eigenvalue weighted by atomic mass is 19.1. The third-order valence-corrected chi connectivity index (χ3v) is 3.21. The van der Waals surface area contributed by atoms with Gasteiger partial charge in [0, 0.05) is 12.1 Å². The van der Waals surface area contributed by atoms with Crippen LogP contribution in [-0.4, -0.2) is 17.4 Å². The molecule has 1 heterocycles. The first-order valence-electron chi connectivity index (χ1n) is 7.46. The minimum Gasteiger partial charge on any atom is -0.370 e. The maximum Gasteiger partial charge on any atom is 0.255 e. The molecule has 2 aromatic rings. The fraction of sp³-hybridized carbons (Fsp3) is 0.294. The molecule has 4 nitrogen and oxygen atoms in total. The lowest BCUT2D eigenvalue weighted by atomic mass is 10.2. The highest BCUT2D eigenvalue weighted by molar-refractivity contribution is 6.04. The Hall–Kier alpha value is -2.43. The standard InChI is InChI=1S/C17H20FN3O/c1-2-3-4-11-19-16-10-9-15(12-20-16)21-17(22)13-5-7-14(18)8-6-13/h5-10,12H,2-4,11H2,1H3,(H,19,20)(H,21,22). The molecule has 116 valence electrons. The van der Waals surface area contributed by atoms with E-state index in [-0.39, 0.29) is 11.7 Å². The molecule has 1 aromatic heterocycles. The first-order valence-corrected chi connectivity index (χ1v) is 7.46. The Balaban J connectivity index is 1.88. The first kappa shape index (κ1) is 15.9. The van der Waals surface area contributed by atoms with Gasteiger partial charge in [-0.25, -0.2) is 9.37 Å². The molecule has 0 unspecified atom stereocenters. The van der Waals surface area contributed by atoms with Gasteiger partial charge in [-0.05, 0) is 42.8 Å². The van der Waals surface area contributed by atoms with E-state index in [1.807, 2.05) is 6.07 Å². The highest BCUT2D eigenvalue weighted by Gasteiger charge is 2.06. The summed E-state index contributed by atoms with van der Waals surface area (Å²) in [6.07, 6.45) is 5.09. The number of hydrogen-bond acceptors (Lipinski definition) is 3. The maximum atomic E-state index is 12.8. The lowest BCUT2D eigenvalue weighted by molar-refractivity contribution is 0.102. The molecule has 0 fully saturated rings. The zero-order chi connectivity index (χ0) is 15.8. The van der Waals surface area contributed by atoms with Crippen molar-refractivity contribution in [1.29, 1.82) is 0 Å². The third kappa shape index (κ3) is 4.84. The summed E-state index contributed by atoms with van der Waals surface area (Å²) in [6.45, 7) is 3.05. The van der Waals surface area contributed by atoms with Crippen LogP contribution in [0, 0.1) is 5.82 Å². The van der Waals surface area contributed by atoms with Crippen LogP contribution in [0.15, 0.2) is 42.6 Å². The number of unbranched alkanes of at least 4 members (excludes halogenated alkanes) is 2. The second kappa shape index (κ2) is 8.12. The summed E-state index contributed by atoms with van der Waals surface area (Å²) >= 11 is 0. The number of aromatic nitrogens is 1. The molecule has 5 heteroatoms. The zero-order valence-electron chi connectivity index (χ0n) is 12.6. The van der Waals surface area contributed by atoms with Crippen molar-refractivity contribution in [3.05, 3.63) is 54.0 Å². The summed E-state index contributed by atoms with van der Waals surface area (Å²) in [6, 6.07) is 9.03. The van der Waals surface area contributed by atoms with Gasteiger partial charge in [-0.15, -0.1) is 0 Å². The van der Waals surface area contributed by atoms with Gasteiger partial charge < -0.3 is 10.6 Å². The van der Waals surface area contributed by atoms with Crippen LogP contribution in [0.2, 0.25) is 0 Å². The molecule has 0 aliphatic rings. The molecule has 22 heavy (non-hydrogen) atoms. The molecule has 0 atom stereocenters. The molecule has 0 bridgehead atoms. The van der Waals surface area contributed by atoms with Gasteiger partial charge >= 0.3 is 0 Å². The average molecular weight is 301 g/mol. The van der Waals surface area contributed by atoms with E-state index in [9.17, 15) is 9.18 Å². The Morgan fingerprint density at radius 3 is 2.55 bits per heavy atom. The van der Waals surface area contributed by atoms with Gasteiger partial charge in [0.1, 0.15) is 11.6 Å². The SMILES string of the molecule is CCCCCNc1ccc(NC(=O)c2ccc(F)cc2)cn1. The first-order chi connectivity index (χ1) is 10.7. The molecule has 1 aromatic carbocycles. The predicted octanol–water partition coefficient (Wildman–Crippen LogP) is 4.08. The number of anilines is 2. The second-order valence-electron chi connectivity index (χ2n) is 5.03. The molecule has 2 rings (SSSR count). The van der Waals surface area contributed by atoms with Crippen molar-refractivity contribution in [3.8, 4) is 0 Å². The lowest BCUT2D eigenvalue weighted by Gasteiger charge is -2.07. The van der Waals surface area contributed by atoms with Crippen molar-refractivity contribution < 1.29 is 9.18 Å². The normalized spacial score (nSPS) is 10.3. The molecule has 0 aliphatic heterocycles. The van der Waals surface area contributed by atoms with Gasteiger partial charge in [-0.2, -0.15) is 0 Å². The number of nitrogens with zero attached hydrogens (tertiary/aromatic N) is 1. The number of pyridine rings is 1. The van der Waals surface area contributed by atoms with Gasteiger partial charge in [0.2, 0.25) is 0 Å². The monoisotopic (exact) mass is 301 g/mol. The number of rotatable bonds is 7. The molecule has 0 saturated carbocycles. The number of hydrogen-bond donors (Lipinski definition) is 2. The van der Waals surface area contributed by atoms with Crippen LogP contribution in [0.3, 0.4) is 0 Å². The van der Waals surface area contributed by atoms with Crippen molar-refractivity contribution in [2.75, 3.05) is 17.2 Å². The van der Waals surface area contributed by atoms with E-state index in [1.165, 1.54) is 37.1 Å². The van der Waals surface area contributed by atoms with E-state index in [4.69, 9.17) is 0 Å². The maximum absolute atomic E-state index is 12.8. The van der Waals surface area contributed by atoms with Crippen LogP contribution < -0.4 is 10.6 Å². The molecule has 0 saturated heterocycles. The van der Waals surface area contributed by atoms with Crippen molar-refractivity contribution in [1.82, 2.24) is 4.98 Å². The van der Waals surface area contributed by atoms with Crippen LogP contribution in [0.4, 0.5) is 15.9 Å². The van der Waals surface area contributed by atoms with Crippen molar-refractivity contribution >= 4 is 17.4 Å². The highest BCUT2D eigenvalue weighted by Crippen LogP contribution is 2.12. The van der Waals surface area contributed by atoms with Crippen LogP contribution >= 0.6 is 0 Å². The predicted molar refractivity (Wildman–Crippen MR) is 86.6 cm³/mol. The van der Waals surface area contributed by atoms with Gasteiger partial charge in [-0.1, -0.05) is 19.8 Å². The molecule has 2 N–H and O–H groups in total. The summed E-state index contributed by atoms with van der Waals surface area (Å²) in [7, 11) is 0. The van der Waals surface area contributed by atoms with Crippen molar-refractivity contribution in [2.45, 2.75) is 26.2 Å². The van der Waals surface area contributed by atoms with Crippen molar-refractivity contribution in [3.63, 3.8) is 0 Å². The third-order valence-electron chi connectivity index (χ3n) is 3.21. The number of benzene rings is 1. The van der Waals surface area contributed by atoms with E-state index < -0.39 is 0 Å². The molecule has 0 radical (unpaired) electrons. The Bertz CT molecular complexity index is 596.